The molecule has 13 rings (SSSR count). The first-order valence-electron chi connectivity index (χ1n) is 22.8. The molecule has 0 saturated carbocycles. The second-order valence-electron chi connectivity index (χ2n) is 18.1. The van der Waals surface area contributed by atoms with Crippen molar-refractivity contribution >= 4 is 60.8 Å². The van der Waals surface area contributed by atoms with Crippen LogP contribution in [-0.4, -0.2) is 4.57 Å². The lowest BCUT2D eigenvalue weighted by Gasteiger charge is -2.28. The van der Waals surface area contributed by atoms with Crippen molar-refractivity contribution < 1.29 is 4.42 Å². The standard InChI is InChI=1S/C63H44N2O/c1-63(2)57-37-46(42-15-7-4-8-16-42)27-35-51(57)52-36-34-50(38-58(52)63)64(47-28-21-43(22-29-47)41-13-5-3-6-14-41)48-30-23-44(24-31-48)45-25-32-49(33-26-45)65-59-19-11-9-17-53(59)55-40-62-56(39-60(55)65)54-18-10-12-20-61(54)66-62/h3-40H,1-2H3. The van der Waals surface area contributed by atoms with Crippen molar-refractivity contribution in [1.82, 2.24) is 4.57 Å². The predicted octanol–water partition coefficient (Wildman–Crippen LogP) is 17.5. The number of rotatable bonds is 7. The van der Waals surface area contributed by atoms with Crippen molar-refractivity contribution in [2.75, 3.05) is 4.90 Å². The number of aromatic nitrogens is 1. The summed E-state index contributed by atoms with van der Waals surface area (Å²) in [5.74, 6) is 0. The fourth-order valence-corrected chi connectivity index (χ4v) is 10.6. The van der Waals surface area contributed by atoms with Gasteiger partial charge in [0, 0.05) is 49.7 Å². The summed E-state index contributed by atoms with van der Waals surface area (Å²) < 4.78 is 8.71. The number of hydrogen-bond acceptors (Lipinski definition) is 2. The van der Waals surface area contributed by atoms with Gasteiger partial charge in [-0.05, 0) is 134 Å². The van der Waals surface area contributed by atoms with Gasteiger partial charge in [-0.2, -0.15) is 0 Å². The molecule has 1 aliphatic carbocycles. The molecule has 3 heteroatoms. The quantitative estimate of drug-likeness (QED) is 0.159. The molecule has 0 fully saturated rings. The predicted molar refractivity (Wildman–Crippen MR) is 277 cm³/mol. The Morgan fingerprint density at radius 2 is 0.848 bits per heavy atom. The molecule has 12 aromatic rings. The van der Waals surface area contributed by atoms with E-state index in [9.17, 15) is 0 Å². The van der Waals surface area contributed by atoms with Gasteiger partial charge in [0.1, 0.15) is 11.2 Å². The SMILES string of the molecule is CC1(C)c2cc(-c3ccccc3)ccc2-c2ccc(N(c3ccc(-c4ccccc4)cc3)c3ccc(-c4ccc(-n5c6ccccc6c6cc7oc8ccccc8c7cc65)cc4)cc3)cc21. The van der Waals surface area contributed by atoms with Crippen molar-refractivity contribution in [3.8, 4) is 50.2 Å². The molecule has 0 saturated heterocycles. The molecular weight excluding hydrogens is 801 g/mol. The average Bonchev–Trinajstić information content (AvgIpc) is 3.98. The Labute approximate surface area is 384 Å². The Kier molecular flexibility index (Phi) is 8.56. The highest BCUT2D eigenvalue weighted by Gasteiger charge is 2.36. The van der Waals surface area contributed by atoms with Gasteiger partial charge in [0.05, 0.1) is 11.0 Å². The summed E-state index contributed by atoms with van der Waals surface area (Å²) in [5, 5.41) is 4.66. The molecule has 0 spiro atoms. The normalized spacial score (nSPS) is 12.8. The summed E-state index contributed by atoms with van der Waals surface area (Å²) in [6.07, 6.45) is 0. The molecule has 0 amide bonds. The van der Waals surface area contributed by atoms with E-state index in [-0.39, 0.29) is 5.41 Å². The second-order valence-corrected chi connectivity index (χ2v) is 18.1. The van der Waals surface area contributed by atoms with Gasteiger partial charge in [-0.3, -0.25) is 0 Å². The first-order chi connectivity index (χ1) is 32.5. The van der Waals surface area contributed by atoms with E-state index in [1.54, 1.807) is 0 Å². The summed E-state index contributed by atoms with van der Waals surface area (Å²) in [6, 6.07) is 83.9. The van der Waals surface area contributed by atoms with Gasteiger partial charge in [0.15, 0.2) is 0 Å². The van der Waals surface area contributed by atoms with Crippen molar-refractivity contribution in [3.05, 3.63) is 242 Å². The summed E-state index contributed by atoms with van der Waals surface area (Å²) in [5.41, 5.74) is 21.0. The van der Waals surface area contributed by atoms with Crippen LogP contribution in [0.25, 0.3) is 93.9 Å². The first kappa shape index (κ1) is 38.1. The number of fused-ring (bicyclic) bond motifs is 9. The highest BCUT2D eigenvalue weighted by molar-refractivity contribution is 6.17. The largest absolute Gasteiger partial charge is 0.456 e. The molecule has 0 aliphatic heterocycles. The zero-order valence-corrected chi connectivity index (χ0v) is 36.7. The molecule has 0 N–H and O–H groups in total. The van der Waals surface area contributed by atoms with Gasteiger partial charge in [0.2, 0.25) is 0 Å². The molecule has 312 valence electrons. The molecule has 0 radical (unpaired) electrons. The average molecular weight is 845 g/mol. The van der Waals surface area contributed by atoms with E-state index in [1.165, 1.54) is 77.4 Å². The van der Waals surface area contributed by atoms with Crippen LogP contribution in [-0.2, 0) is 5.41 Å². The lowest BCUT2D eigenvalue weighted by atomic mass is 9.81. The maximum absolute atomic E-state index is 6.33. The van der Waals surface area contributed by atoms with E-state index in [2.05, 4.69) is 242 Å². The van der Waals surface area contributed by atoms with Crippen molar-refractivity contribution in [2.45, 2.75) is 19.3 Å². The van der Waals surface area contributed by atoms with Crippen molar-refractivity contribution in [2.24, 2.45) is 0 Å². The highest BCUT2D eigenvalue weighted by atomic mass is 16.3. The van der Waals surface area contributed by atoms with Crippen LogP contribution in [0.2, 0.25) is 0 Å². The molecule has 3 nitrogen and oxygen atoms in total. The van der Waals surface area contributed by atoms with Gasteiger partial charge >= 0.3 is 0 Å². The van der Waals surface area contributed by atoms with Gasteiger partial charge in [-0.25, -0.2) is 0 Å². The van der Waals surface area contributed by atoms with E-state index in [0.29, 0.717) is 0 Å². The summed E-state index contributed by atoms with van der Waals surface area (Å²) in [6.45, 7) is 4.74. The molecule has 1 aliphatic rings. The summed E-state index contributed by atoms with van der Waals surface area (Å²) >= 11 is 0. The number of hydrogen-bond donors (Lipinski definition) is 0. The van der Waals surface area contributed by atoms with Crippen LogP contribution in [0.3, 0.4) is 0 Å². The van der Waals surface area contributed by atoms with E-state index in [0.717, 1.165) is 44.7 Å². The lowest BCUT2D eigenvalue weighted by Crippen LogP contribution is -2.16. The first-order valence-corrected chi connectivity index (χ1v) is 22.8. The van der Waals surface area contributed by atoms with Gasteiger partial charge in [-0.1, -0.05) is 166 Å². The van der Waals surface area contributed by atoms with Gasteiger partial charge < -0.3 is 13.9 Å². The summed E-state index contributed by atoms with van der Waals surface area (Å²) in [4.78, 5) is 2.40. The minimum atomic E-state index is -0.177. The lowest BCUT2D eigenvalue weighted by molar-refractivity contribution is 0.660. The van der Waals surface area contributed by atoms with Crippen LogP contribution in [0, 0.1) is 0 Å². The smallest absolute Gasteiger partial charge is 0.136 e. The molecule has 10 aromatic carbocycles. The number of anilines is 3. The third-order valence-electron chi connectivity index (χ3n) is 14.0. The van der Waals surface area contributed by atoms with Crippen LogP contribution in [0.15, 0.2) is 235 Å². The Morgan fingerprint density at radius 1 is 0.348 bits per heavy atom. The third-order valence-corrected chi connectivity index (χ3v) is 14.0. The molecule has 66 heavy (non-hydrogen) atoms. The Bertz CT molecular complexity index is 3800. The Balaban J connectivity index is 0.870. The van der Waals surface area contributed by atoms with E-state index in [4.69, 9.17) is 4.42 Å². The number of nitrogens with zero attached hydrogens (tertiary/aromatic N) is 2. The molecule has 2 heterocycles. The minimum Gasteiger partial charge on any atom is -0.456 e. The number of furan rings is 1. The number of para-hydroxylation sites is 2. The van der Waals surface area contributed by atoms with Crippen molar-refractivity contribution in [1.29, 1.82) is 0 Å². The molecule has 2 aromatic heterocycles. The van der Waals surface area contributed by atoms with Gasteiger partial charge in [0.25, 0.3) is 0 Å². The molecule has 0 bridgehead atoms. The van der Waals surface area contributed by atoms with Crippen LogP contribution in [0.4, 0.5) is 17.1 Å². The topological polar surface area (TPSA) is 21.3 Å². The van der Waals surface area contributed by atoms with E-state index in [1.807, 2.05) is 12.1 Å². The third kappa shape index (κ3) is 6.04. The molecule has 0 unspecified atom stereocenters. The fourth-order valence-electron chi connectivity index (χ4n) is 10.6. The Morgan fingerprint density at radius 3 is 1.52 bits per heavy atom. The van der Waals surface area contributed by atoms with Gasteiger partial charge in [-0.15, -0.1) is 0 Å². The zero-order valence-electron chi connectivity index (χ0n) is 36.7. The molecular formula is C63H44N2O. The summed E-state index contributed by atoms with van der Waals surface area (Å²) in [7, 11) is 0. The van der Waals surface area contributed by atoms with Crippen LogP contribution < -0.4 is 4.90 Å². The maximum atomic E-state index is 6.33. The minimum absolute atomic E-state index is 0.177. The van der Waals surface area contributed by atoms with Crippen LogP contribution in [0.5, 0.6) is 0 Å². The van der Waals surface area contributed by atoms with Crippen molar-refractivity contribution in [3.63, 3.8) is 0 Å². The van der Waals surface area contributed by atoms with Crippen LogP contribution in [0.1, 0.15) is 25.0 Å². The second kappa shape index (κ2) is 14.8. The number of benzene rings is 10. The van der Waals surface area contributed by atoms with E-state index >= 15 is 0 Å². The van der Waals surface area contributed by atoms with Crippen LogP contribution >= 0.6 is 0 Å². The Hall–Kier alpha value is -8.40. The fraction of sp³-hybridized carbons (Fsp3) is 0.0476. The zero-order chi connectivity index (χ0) is 43.9. The maximum Gasteiger partial charge on any atom is 0.136 e. The highest BCUT2D eigenvalue weighted by Crippen LogP contribution is 2.52. The molecule has 0 atom stereocenters. The van der Waals surface area contributed by atoms with E-state index < -0.39 is 0 Å². The monoisotopic (exact) mass is 844 g/mol.